The summed E-state index contributed by atoms with van der Waals surface area (Å²) >= 11 is 0. The minimum atomic E-state index is -0.306. The van der Waals surface area contributed by atoms with E-state index in [2.05, 4.69) is 4.98 Å². The van der Waals surface area contributed by atoms with Crippen LogP contribution in [0.4, 0.5) is 5.69 Å². The molecule has 126 valence electrons. The Hall–Kier alpha value is -3.53. The number of nitro groups is 1. The summed E-state index contributed by atoms with van der Waals surface area (Å²) in [6, 6.07) is 26.8. The number of nitrogens with zero attached hydrogens (tertiary/aromatic N) is 2. The van der Waals surface area contributed by atoms with Crippen molar-refractivity contribution in [1.82, 2.24) is 4.98 Å². The van der Waals surface area contributed by atoms with Crippen molar-refractivity contribution < 1.29 is 4.92 Å². The highest BCUT2D eigenvalue weighted by molar-refractivity contribution is 5.99. The third-order valence-electron chi connectivity index (χ3n) is 4.40. The fraction of sp³-hybridized carbons (Fsp3) is 0.0455. The van der Waals surface area contributed by atoms with Crippen LogP contribution in [0.5, 0.6) is 0 Å². The number of fused-ring (bicyclic) bond motifs is 1. The molecule has 4 heteroatoms. The molecule has 0 fully saturated rings. The molecule has 4 rings (SSSR count). The summed E-state index contributed by atoms with van der Waals surface area (Å²) in [6.45, 7) is 0. The Morgan fingerprint density at radius 3 is 2.12 bits per heavy atom. The van der Waals surface area contributed by atoms with Gasteiger partial charge in [-0.1, -0.05) is 78.9 Å². The van der Waals surface area contributed by atoms with Gasteiger partial charge in [0.05, 0.1) is 16.0 Å². The molecule has 3 aromatic carbocycles. The molecule has 0 aliphatic carbocycles. The van der Waals surface area contributed by atoms with Gasteiger partial charge in [-0.3, -0.25) is 10.1 Å². The zero-order valence-corrected chi connectivity index (χ0v) is 14.0. The van der Waals surface area contributed by atoms with E-state index in [4.69, 9.17) is 0 Å². The van der Waals surface area contributed by atoms with Gasteiger partial charge in [-0.15, -0.1) is 0 Å². The average molecular weight is 340 g/mol. The molecule has 0 bridgehead atoms. The van der Waals surface area contributed by atoms with Crippen molar-refractivity contribution in [1.29, 1.82) is 0 Å². The second-order valence-corrected chi connectivity index (χ2v) is 6.08. The third kappa shape index (κ3) is 2.93. The molecule has 0 aliphatic heterocycles. The van der Waals surface area contributed by atoms with Crippen molar-refractivity contribution in [3.63, 3.8) is 0 Å². The molecule has 4 nitrogen and oxygen atoms in total. The second kappa shape index (κ2) is 6.76. The lowest BCUT2D eigenvalue weighted by Gasteiger charge is -2.12. The Labute approximate surface area is 150 Å². The largest absolute Gasteiger partial charge is 0.299 e. The molecule has 0 unspecified atom stereocenters. The zero-order valence-electron chi connectivity index (χ0n) is 14.0. The molecule has 0 amide bonds. The summed E-state index contributed by atoms with van der Waals surface area (Å²) < 4.78 is 0. The van der Waals surface area contributed by atoms with Crippen molar-refractivity contribution in [2.45, 2.75) is 6.42 Å². The predicted octanol–water partition coefficient (Wildman–Crippen LogP) is 5.40. The van der Waals surface area contributed by atoms with Gasteiger partial charge in [-0.05, 0) is 17.2 Å². The Morgan fingerprint density at radius 1 is 0.808 bits per heavy atom. The van der Waals surface area contributed by atoms with Gasteiger partial charge < -0.3 is 0 Å². The van der Waals surface area contributed by atoms with Crippen LogP contribution in [0.15, 0.2) is 84.9 Å². The summed E-state index contributed by atoms with van der Waals surface area (Å²) in [5, 5.41) is 12.8. The minimum Gasteiger partial charge on any atom is -0.258 e. The van der Waals surface area contributed by atoms with Crippen LogP contribution in [0.3, 0.4) is 0 Å². The molecule has 4 aromatic rings. The number of pyridine rings is 1. The first-order valence-corrected chi connectivity index (χ1v) is 8.39. The van der Waals surface area contributed by atoms with E-state index in [1.54, 1.807) is 0 Å². The van der Waals surface area contributed by atoms with Crippen molar-refractivity contribution in [3.8, 4) is 11.1 Å². The minimum absolute atomic E-state index is 0.0822. The fourth-order valence-electron chi connectivity index (χ4n) is 3.26. The Morgan fingerprint density at radius 2 is 1.42 bits per heavy atom. The van der Waals surface area contributed by atoms with Gasteiger partial charge in [0, 0.05) is 11.8 Å². The van der Waals surface area contributed by atoms with Crippen LogP contribution in [-0.4, -0.2) is 9.91 Å². The number of hydrogen-bond acceptors (Lipinski definition) is 3. The SMILES string of the molecule is O=[N+]([O-])c1c(Cc2ccccc2)nc2ccccc2c1-c1ccccc1. The molecule has 0 N–H and O–H groups in total. The summed E-state index contributed by atoms with van der Waals surface area (Å²) in [5.41, 5.74) is 3.79. The monoisotopic (exact) mass is 340 g/mol. The van der Waals surface area contributed by atoms with Gasteiger partial charge in [-0.2, -0.15) is 0 Å². The summed E-state index contributed by atoms with van der Waals surface area (Å²) in [4.78, 5) is 16.3. The maximum absolute atomic E-state index is 12.0. The maximum Gasteiger partial charge on any atom is 0.299 e. The average Bonchev–Trinajstić information content (AvgIpc) is 2.68. The Balaban J connectivity index is 2.03. The van der Waals surface area contributed by atoms with Crippen LogP contribution < -0.4 is 0 Å². The summed E-state index contributed by atoms with van der Waals surface area (Å²) in [5.74, 6) is 0. The number of para-hydroxylation sites is 1. The smallest absolute Gasteiger partial charge is 0.258 e. The third-order valence-corrected chi connectivity index (χ3v) is 4.40. The second-order valence-electron chi connectivity index (χ2n) is 6.08. The predicted molar refractivity (Wildman–Crippen MR) is 103 cm³/mol. The first-order valence-electron chi connectivity index (χ1n) is 8.39. The van der Waals surface area contributed by atoms with Crippen LogP contribution in [0.1, 0.15) is 11.3 Å². The van der Waals surface area contributed by atoms with E-state index in [9.17, 15) is 10.1 Å². The van der Waals surface area contributed by atoms with E-state index >= 15 is 0 Å². The first kappa shape index (κ1) is 16.0. The molecule has 0 atom stereocenters. The highest BCUT2D eigenvalue weighted by Crippen LogP contribution is 2.38. The molecule has 0 radical (unpaired) electrons. The van der Waals surface area contributed by atoms with Crippen LogP contribution in [0, 0.1) is 10.1 Å². The molecule has 0 aliphatic rings. The van der Waals surface area contributed by atoms with E-state index in [1.807, 2.05) is 84.9 Å². The number of benzene rings is 3. The van der Waals surface area contributed by atoms with Gasteiger partial charge in [-0.25, -0.2) is 4.98 Å². The topological polar surface area (TPSA) is 56.0 Å². The standard InChI is InChI=1S/C22H16N2O2/c25-24(26)22-20(15-16-9-3-1-4-10-16)23-19-14-8-7-13-18(19)21(22)17-11-5-2-6-12-17/h1-14H,15H2. The highest BCUT2D eigenvalue weighted by Gasteiger charge is 2.25. The molecule has 26 heavy (non-hydrogen) atoms. The van der Waals surface area contributed by atoms with E-state index in [0.717, 1.165) is 22.0 Å². The van der Waals surface area contributed by atoms with E-state index in [0.29, 0.717) is 17.7 Å². The summed E-state index contributed by atoms with van der Waals surface area (Å²) in [7, 11) is 0. The van der Waals surface area contributed by atoms with E-state index < -0.39 is 0 Å². The van der Waals surface area contributed by atoms with Crippen LogP contribution >= 0.6 is 0 Å². The van der Waals surface area contributed by atoms with Crippen molar-refractivity contribution in [2.75, 3.05) is 0 Å². The van der Waals surface area contributed by atoms with Gasteiger partial charge in [0.1, 0.15) is 5.69 Å². The fourth-order valence-corrected chi connectivity index (χ4v) is 3.26. The lowest BCUT2D eigenvalue weighted by atomic mass is 9.96. The Bertz CT molecular complexity index is 1080. The van der Waals surface area contributed by atoms with E-state index in [-0.39, 0.29) is 10.6 Å². The number of hydrogen-bond donors (Lipinski definition) is 0. The lowest BCUT2D eigenvalue weighted by Crippen LogP contribution is -2.03. The van der Waals surface area contributed by atoms with Crippen molar-refractivity contribution in [2.24, 2.45) is 0 Å². The molecular formula is C22H16N2O2. The van der Waals surface area contributed by atoms with Crippen molar-refractivity contribution >= 4 is 16.6 Å². The molecule has 0 saturated heterocycles. The molecule has 1 aromatic heterocycles. The number of rotatable bonds is 4. The van der Waals surface area contributed by atoms with Gasteiger partial charge >= 0.3 is 0 Å². The zero-order chi connectivity index (χ0) is 17.9. The van der Waals surface area contributed by atoms with Gasteiger partial charge in [0.2, 0.25) is 0 Å². The molecular weight excluding hydrogens is 324 g/mol. The van der Waals surface area contributed by atoms with E-state index in [1.165, 1.54) is 0 Å². The van der Waals surface area contributed by atoms with Crippen LogP contribution in [-0.2, 0) is 6.42 Å². The van der Waals surface area contributed by atoms with Crippen LogP contribution in [0.25, 0.3) is 22.0 Å². The lowest BCUT2D eigenvalue weighted by molar-refractivity contribution is -0.385. The summed E-state index contributed by atoms with van der Waals surface area (Å²) in [6.07, 6.45) is 0.418. The molecule has 0 saturated carbocycles. The van der Waals surface area contributed by atoms with Gasteiger partial charge in [0.25, 0.3) is 5.69 Å². The molecule has 0 spiro atoms. The Kier molecular flexibility index (Phi) is 4.15. The van der Waals surface area contributed by atoms with Crippen molar-refractivity contribution in [3.05, 3.63) is 106 Å². The normalized spacial score (nSPS) is 10.8. The van der Waals surface area contributed by atoms with Crippen LogP contribution in [0.2, 0.25) is 0 Å². The highest BCUT2D eigenvalue weighted by atomic mass is 16.6. The van der Waals surface area contributed by atoms with Gasteiger partial charge in [0.15, 0.2) is 0 Å². The quantitative estimate of drug-likeness (QED) is 0.369. The number of aromatic nitrogens is 1. The first-order chi connectivity index (χ1) is 12.7. The molecule has 1 heterocycles. The maximum atomic E-state index is 12.0.